The molecule has 1 N–H and O–H groups in total. The molecule has 0 unspecified atom stereocenters. The van der Waals surface area contributed by atoms with Crippen molar-refractivity contribution < 1.29 is 9.18 Å². The number of rotatable bonds is 3. The molecule has 23 heavy (non-hydrogen) atoms. The van der Waals surface area contributed by atoms with Crippen LogP contribution in [0.2, 0.25) is 5.02 Å². The number of carbonyl (C=O) groups excluding carboxylic acids is 1. The van der Waals surface area contributed by atoms with Crippen molar-refractivity contribution in [3.63, 3.8) is 0 Å². The minimum Gasteiger partial charge on any atom is -0.322 e. The fraction of sp³-hybridized carbons (Fsp3) is 0.312. The quantitative estimate of drug-likeness (QED) is 0.937. The molecule has 0 spiro atoms. The van der Waals surface area contributed by atoms with Crippen molar-refractivity contribution in [2.45, 2.75) is 32.2 Å². The molecule has 120 valence electrons. The Morgan fingerprint density at radius 2 is 2.09 bits per heavy atom. The Morgan fingerprint density at radius 3 is 2.87 bits per heavy atom. The number of aromatic nitrogens is 2. The molecule has 0 atom stereocenters. The van der Waals surface area contributed by atoms with Gasteiger partial charge in [-0.05, 0) is 49.4 Å². The predicted molar refractivity (Wildman–Crippen MR) is 85.2 cm³/mol. The second-order valence-corrected chi connectivity index (χ2v) is 5.93. The summed E-state index contributed by atoms with van der Waals surface area (Å²) in [4.78, 5) is 24.0. The molecule has 1 amide bonds. The summed E-state index contributed by atoms with van der Waals surface area (Å²) >= 11 is 5.66. The number of anilines is 1. The van der Waals surface area contributed by atoms with Crippen LogP contribution in [0.3, 0.4) is 0 Å². The van der Waals surface area contributed by atoms with Gasteiger partial charge in [0.1, 0.15) is 12.4 Å². The molecule has 1 aromatic carbocycles. The number of nitrogens with one attached hydrogen (secondary N) is 1. The standard InChI is InChI=1S/C16H15ClFN3O2/c17-11-5-6-14(12(18)8-11)19-15(22)9-21-16(23)7-10-3-1-2-4-13(10)20-21/h5-8H,1-4,9H2,(H,19,22). The zero-order valence-electron chi connectivity index (χ0n) is 12.3. The average molecular weight is 336 g/mol. The van der Waals surface area contributed by atoms with Crippen molar-refractivity contribution in [2.75, 3.05) is 5.32 Å². The van der Waals surface area contributed by atoms with E-state index in [0.29, 0.717) is 0 Å². The van der Waals surface area contributed by atoms with Gasteiger partial charge in [-0.1, -0.05) is 11.6 Å². The number of hydrogen-bond acceptors (Lipinski definition) is 3. The van der Waals surface area contributed by atoms with Crippen LogP contribution in [-0.2, 0) is 24.2 Å². The van der Waals surface area contributed by atoms with Crippen LogP contribution in [0.1, 0.15) is 24.1 Å². The minimum atomic E-state index is -0.628. The van der Waals surface area contributed by atoms with E-state index < -0.39 is 11.7 Å². The molecule has 7 heteroatoms. The summed E-state index contributed by atoms with van der Waals surface area (Å²) in [5.74, 6) is -1.15. The van der Waals surface area contributed by atoms with Crippen LogP contribution in [0, 0.1) is 5.82 Å². The molecule has 0 saturated carbocycles. The molecule has 5 nitrogen and oxygen atoms in total. The number of fused-ring (bicyclic) bond motifs is 1. The third kappa shape index (κ3) is 3.59. The summed E-state index contributed by atoms with van der Waals surface area (Å²) in [6.07, 6.45) is 3.73. The summed E-state index contributed by atoms with van der Waals surface area (Å²) in [5, 5.41) is 6.92. The summed E-state index contributed by atoms with van der Waals surface area (Å²) in [6, 6.07) is 5.50. The maximum absolute atomic E-state index is 13.7. The summed E-state index contributed by atoms with van der Waals surface area (Å²) in [7, 11) is 0. The molecule has 1 aliphatic carbocycles. The van der Waals surface area contributed by atoms with E-state index in [4.69, 9.17) is 11.6 Å². The second-order valence-electron chi connectivity index (χ2n) is 5.49. The number of nitrogens with zero attached hydrogens (tertiary/aromatic N) is 2. The number of halogens is 2. The van der Waals surface area contributed by atoms with Crippen LogP contribution in [-0.4, -0.2) is 15.7 Å². The maximum atomic E-state index is 13.7. The topological polar surface area (TPSA) is 64.0 Å². The van der Waals surface area contributed by atoms with Gasteiger partial charge in [-0.15, -0.1) is 0 Å². The van der Waals surface area contributed by atoms with Crippen LogP contribution < -0.4 is 10.9 Å². The highest BCUT2D eigenvalue weighted by molar-refractivity contribution is 6.30. The predicted octanol–water partition coefficient (Wildman–Crippen LogP) is 2.55. The molecule has 2 aromatic rings. The highest BCUT2D eigenvalue weighted by atomic mass is 35.5. The lowest BCUT2D eigenvalue weighted by atomic mass is 9.97. The smallest absolute Gasteiger partial charge is 0.267 e. The van der Waals surface area contributed by atoms with E-state index in [0.717, 1.165) is 47.7 Å². The van der Waals surface area contributed by atoms with Gasteiger partial charge in [-0.3, -0.25) is 9.59 Å². The second kappa shape index (κ2) is 6.50. The van der Waals surface area contributed by atoms with Gasteiger partial charge in [-0.2, -0.15) is 5.10 Å². The van der Waals surface area contributed by atoms with Crippen LogP contribution >= 0.6 is 11.6 Å². The number of benzene rings is 1. The molecule has 1 aliphatic rings. The maximum Gasteiger partial charge on any atom is 0.267 e. The lowest BCUT2D eigenvalue weighted by molar-refractivity contribution is -0.117. The van der Waals surface area contributed by atoms with Gasteiger partial charge in [0.2, 0.25) is 5.91 Å². The van der Waals surface area contributed by atoms with Crippen molar-refractivity contribution >= 4 is 23.2 Å². The first-order chi connectivity index (χ1) is 11.0. The van der Waals surface area contributed by atoms with Crippen molar-refractivity contribution in [1.29, 1.82) is 0 Å². The van der Waals surface area contributed by atoms with Crippen LogP contribution in [0.25, 0.3) is 0 Å². The van der Waals surface area contributed by atoms with Crippen molar-refractivity contribution in [2.24, 2.45) is 0 Å². The van der Waals surface area contributed by atoms with Crippen molar-refractivity contribution in [3.8, 4) is 0 Å². The lowest BCUT2D eigenvalue weighted by Crippen LogP contribution is -2.31. The summed E-state index contributed by atoms with van der Waals surface area (Å²) in [5.41, 5.74) is 1.52. The number of carbonyl (C=O) groups is 1. The monoisotopic (exact) mass is 335 g/mol. The van der Waals surface area contributed by atoms with Gasteiger partial charge in [0, 0.05) is 11.1 Å². The Hall–Kier alpha value is -2.21. The average Bonchev–Trinajstić information content (AvgIpc) is 2.51. The first-order valence-electron chi connectivity index (χ1n) is 7.38. The zero-order valence-corrected chi connectivity index (χ0v) is 13.1. The van der Waals surface area contributed by atoms with Gasteiger partial charge in [0.15, 0.2) is 0 Å². The largest absolute Gasteiger partial charge is 0.322 e. The molecule has 1 aromatic heterocycles. The highest BCUT2D eigenvalue weighted by Crippen LogP contribution is 2.19. The minimum absolute atomic E-state index is 0.0189. The molecular weight excluding hydrogens is 321 g/mol. The Kier molecular flexibility index (Phi) is 4.43. The summed E-state index contributed by atoms with van der Waals surface area (Å²) < 4.78 is 14.8. The number of hydrogen-bond donors (Lipinski definition) is 1. The Balaban J connectivity index is 1.76. The molecule has 0 bridgehead atoms. The van der Waals surface area contributed by atoms with Gasteiger partial charge in [-0.25, -0.2) is 9.07 Å². The Morgan fingerprint density at radius 1 is 1.30 bits per heavy atom. The van der Waals surface area contributed by atoms with Gasteiger partial charge >= 0.3 is 0 Å². The highest BCUT2D eigenvalue weighted by Gasteiger charge is 2.15. The number of aryl methyl sites for hydroxylation is 2. The first-order valence-corrected chi connectivity index (χ1v) is 7.75. The van der Waals surface area contributed by atoms with Gasteiger partial charge in [0.05, 0.1) is 11.4 Å². The van der Waals surface area contributed by atoms with Crippen LogP contribution in [0.5, 0.6) is 0 Å². The molecule has 0 aliphatic heterocycles. The normalized spacial score (nSPS) is 13.5. The fourth-order valence-corrected chi connectivity index (χ4v) is 2.79. The third-order valence-electron chi connectivity index (χ3n) is 3.77. The van der Waals surface area contributed by atoms with Crippen molar-refractivity contribution in [1.82, 2.24) is 9.78 Å². The zero-order chi connectivity index (χ0) is 16.4. The fourth-order valence-electron chi connectivity index (χ4n) is 2.63. The van der Waals surface area contributed by atoms with Crippen molar-refractivity contribution in [3.05, 3.63) is 56.7 Å². The molecule has 3 rings (SSSR count). The van der Waals surface area contributed by atoms with E-state index >= 15 is 0 Å². The van der Waals surface area contributed by atoms with E-state index in [1.54, 1.807) is 0 Å². The van der Waals surface area contributed by atoms with E-state index in [9.17, 15) is 14.0 Å². The van der Waals surface area contributed by atoms with Gasteiger partial charge < -0.3 is 5.32 Å². The van der Waals surface area contributed by atoms with Gasteiger partial charge in [0.25, 0.3) is 5.56 Å². The van der Waals surface area contributed by atoms with Crippen LogP contribution in [0.4, 0.5) is 10.1 Å². The first kappa shape index (κ1) is 15.7. The molecule has 0 fully saturated rings. The third-order valence-corrected chi connectivity index (χ3v) is 4.01. The van der Waals surface area contributed by atoms with E-state index in [-0.39, 0.29) is 22.8 Å². The summed E-state index contributed by atoms with van der Waals surface area (Å²) in [6.45, 7) is -0.256. The molecule has 0 radical (unpaired) electrons. The van der Waals surface area contributed by atoms with E-state index in [2.05, 4.69) is 10.4 Å². The molecule has 1 heterocycles. The van der Waals surface area contributed by atoms with Crippen LogP contribution in [0.15, 0.2) is 29.1 Å². The Labute approximate surface area is 137 Å². The number of amides is 1. The SMILES string of the molecule is O=C(Cn1nc2c(cc1=O)CCCC2)Nc1ccc(Cl)cc1F. The van der Waals surface area contributed by atoms with E-state index in [1.807, 2.05) is 0 Å². The lowest BCUT2D eigenvalue weighted by Gasteiger charge is -2.15. The molecular formula is C16H15ClFN3O2. The molecule has 0 saturated heterocycles. The van der Waals surface area contributed by atoms with E-state index in [1.165, 1.54) is 18.2 Å². The Bertz CT molecular complexity index is 819.